The van der Waals surface area contributed by atoms with Gasteiger partial charge in [-0.1, -0.05) is 37.1 Å². The minimum absolute atomic E-state index is 0.365. The van der Waals surface area contributed by atoms with E-state index in [2.05, 4.69) is 43.1 Å². The summed E-state index contributed by atoms with van der Waals surface area (Å²) in [6.45, 7) is 3.53. The summed E-state index contributed by atoms with van der Waals surface area (Å²) >= 11 is 9.56. The zero-order chi connectivity index (χ0) is 17.1. The van der Waals surface area contributed by atoms with Crippen LogP contribution >= 0.6 is 27.5 Å². The fourth-order valence-electron chi connectivity index (χ4n) is 2.41. The lowest BCUT2D eigenvalue weighted by Crippen LogP contribution is -2.08. The number of rotatable bonds is 6. The van der Waals surface area contributed by atoms with Crippen molar-refractivity contribution in [2.45, 2.75) is 26.3 Å². The zero-order valence-electron chi connectivity index (χ0n) is 13.3. The smallest absolute Gasteiger partial charge is 0.226 e. The van der Waals surface area contributed by atoms with Gasteiger partial charge in [-0.3, -0.25) is 4.57 Å². The molecule has 0 aliphatic carbocycles. The van der Waals surface area contributed by atoms with E-state index in [0.717, 1.165) is 24.9 Å². The van der Waals surface area contributed by atoms with Gasteiger partial charge in [-0.05, 0) is 40.0 Å². The van der Waals surface area contributed by atoms with Gasteiger partial charge in [0, 0.05) is 11.6 Å². The average molecular weight is 410 g/mol. The van der Waals surface area contributed by atoms with Crippen molar-refractivity contribution >= 4 is 50.5 Å². The summed E-state index contributed by atoms with van der Waals surface area (Å²) in [5, 5.41) is 3.91. The molecule has 1 aromatic carbocycles. The van der Waals surface area contributed by atoms with Crippen LogP contribution in [-0.4, -0.2) is 26.1 Å². The van der Waals surface area contributed by atoms with Crippen molar-refractivity contribution in [2.75, 3.05) is 17.6 Å². The summed E-state index contributed by atoms with van der Waals surface area (Å²) in [6.07, 6.45) is 2.15. The molecule has 0 atom stereocenters. The standard InChI is InChI=1S/C16H18BrClN6/c1-2-3-7-20-16-22-13(19)12-14(23-16)24(15(17)21-12)9-10-5-4-6-11(18)8-10/h4-6,8H,2-3,7,9H2,1H3,(H3,19,20,22,23). The molecule has 6 nitrogen and oxygen atoms in total. The number of fused-ring (bicyclic) bond motifs is 1. The Bertz CT molecular complexity index is 863. The van der Waals surface area contributed by atoms with Crippen LogP contribution in [-0.2, 0) is 6.54 Å². The highest BCUT2D eigenvalue weighted by atomic mass is 79.9. The monoisotopic (exact) mass is 408 g/mol. The van der Waals surface area contributed by atoms with Gasteiger partial charge in [-0.25, -0.2) is 4.98 Å². The van der Waals surface area contributed by atoms with Gasteiger partial charge >= 0.3 is 0 Å². The van der Waals surface area contributed by atoms with Crippen LogP contribution < -0.4 is 11.1 Å². The Balaban J connectivity index is 1.98. The number of hydrogen-bond acceptors (Lipinski definition) is 5. The lowest BCUT2D eigenvalue weighted by Gasteiger charge is -2.08. The molecule has 8 heteroatoms. The maximum Gasteiger partial charge on any atom is 0.226 e. The Morgan fingerprint density at radius 1 is 1.29 bits per heavy atom. The molecular weight excluding hydrogens is 392 g/mol. The van der Waals surface area contributed by atoms with E-state index in [9.17, 15) is 0 Å². The van der Waals surface area contributed by atoms with E-state index >= 15 is 0 Å². The van der Waals surface area contributed by atoms with Gasteiger partial charge in [0.25, 0.3) is 0 Å². The van der Waals surface area contributed by atoms with Crippen molar-refractivity contribution in [2.24, 2.45) is 0 Å². The Hall–Kier alpha value is -1.86. The highest BCUT2D eigenvalue weighted by Gasteiger charge is 2.15. The second-order valence-corrected chi connectivity index (χ2v) is 6.63. The molecular formula is C16H18BrClN6. The maximum atomic E-state index is 6.07. The van der Waals surface area contributed by atoms with Gasteiger partial charge in [0.2, 0.25) is 5.95 Å². The number of imidazole rings is 1. The summed E-state index contributed by atoms with van der Waals surface area (Å²) in [5.41, 5.74) is 8.38. The topological polar surface area (TPSA) is 81.6 Å². The van der Waals surface area contributed by atoms with Crippen molar-refractivity contribution in [3.05, 3.63) is 39.6 Å². The number of nitrogens with two attached hydrogens (primary N) is 1. The first-order valence-corrected chi connectivity index (χ1v) is 8.93. The quantitative estimate of drug-likeness (QED) is 0.473. The molecule has 3 N–H and O–H groups in total. The predicted molar refractivity (Wildman–Crippen MR) is 101 cm³/mol. The minimum atomic E-state index is 0.365. The summed E-state index contributed by atoms with van der Waals surface area (Å²) in [5.74, 6) is 0.887. The van der Waals surface area contributed by atoms with E-state index in [4.69, 9.17) is 17.3 Å². The third kappa shape index (κ3) is 3.62. The molecule has 3 rings (SSSR count). The molecule has 2 heterocycles. The Morgan fingerprint density at radius 2 is 2.12 bits per heavy atom. The van der Waals surface area contributed by atoms with Crippen molar-refractivity contribution in [3.63, 3.8) is 0 Å². The molecule has 2 aromatic heterocycles. The molecule has 0 saturated heterocycles. The number of nitrogens with one attached hydrogen (secondary N) is 1. The van der Waals surface area contributed by atoms with E-state index in [1.807, 2.05) is 28.8 Å². The fraction of sp³-hybridized carbons (Fsp3) is 0.312. The second-order valence-electron chi connectivity index (χ2n) is 5.48. The molecule has 0 spiro atoms. The molecule has 0 aliphatic heterocycles. The van der Waals surface area contributed by atoms with E-state index in [1.54, 1.807) is 0 Å². The molecule has 0 aliphatic rings. The number of hydrogen-bond donors (Lipinski definition) is 2. The Labute approximate surface area is 153 Å². The van der Waals surface area contributed by atoms with Crippen LogP contribution in [0.25, 0.3) is 11.2 Å². The van der Waals surface area contributed by atoms with Crippen LogP contribution in [0.5, 0.6) is 0 Å². The lowest BCUT2D eigenvalue weighted by atomic mass is 10.2. The number of halogens is 2. The number of nitrogen functional groups attached to an aromatic ring is 1. The minimum Gasteiger partial charge on any atom is -0.382 e. The summed E-state index contributed by atoms with van der Waals surface area (Å²) in [6, 6.07) is 7.70. The van der Waals surface area contributed by atoms with E-state index in [1.165, 1.54) is 0 Å². The maximum absolute atomic E-state index is 6.07. The molecule has 0 unspecified atom stereocenters. The van der Waals surface area contributed by atoms with Crippen LogP contribution in [0.15, 0.2) is 29.0 Å². The SMILES string of the molecule is CCCCNc1nc(N)c2nc(Br)n(Cc3cccc(Cl)c3)c2n1. The van der Waals surface area contributed by atoms with E-state index < -0.39 is 0 Å². The molecule has 0 bridgehead atoms. The van der Waals surface area contributed by atoms with Gasteiger partial charge in [-0.15, -0.1) is 0 Å². The van der Waals surface area contributed by atoms with Crippen LogP contribution in [0, 0.1) is 0 Å². The normalized spacial score (nSPS) is 11.1. The lowest BCUT2D eigenvalue weighted by molar-refractivity contribution is 0.788. The number of anilines is 2. The fourth-order valence-corrected chi connectivity index (χ4v) is 3.09. The molecule has 0 fully saturated rings. The highest BCUT2D eigenvalue weighted by molar-refractivity contribution is 9.10. The third-order valence-corrected chi connectivity index (χ3v) is 4.46. The van der Waals surface area contributed by atoms with E-state index in [-0.39, 0.29) is 0 Å². The van der Waals surface area contributed by atoms with Crippen molar-refractivity contribution in [3.8, 4) is 0 Å². The largest absolute Gasteiger partial charge is 0.382 e. The number of aromatic nitrogens is 4. The van der Waals surface area contributed by atoms with Crippen LogP contribution in [0.1, 0.15) is 25.3 Å². The third-order valence-electron chi connectivity index (χ3n) is 3.62. The molecule has 0 radical (unpaired) electrons. The van der Waals surface area contributed by atoms with Gasteiger partial charge in [0.15, 0.2) is 21.7 Å². The number of benzene rings is 1. The molecule has 3 aromatic rings. The summed E-state index contributed by atoms with van der Waals surface area (Å²) in [4.78, 5) is 13.3. The summed E-state index contributed by atoms with van der Waals surface area (Å²) in [7, 11) is 0. The van der Waals surface area contributed by atoms with E-state index in [0.29, 0.717) is 39.2 Å². The van der Waals surface area contributed by atoms with Gasteiger partial charge in [0.1, 0.15) is 0 Å². The van der Waals surface area contributed by atoms with Gasteiger partial charge < -0.3 is 11.1 Å². The first-order chi connectivity index (χ1) is 11.6. The zero-order valence-corrected chi connectivity index (χ0v) is 15.6. The Kier molecular flexibility index (Phi) is 5.20. The average Bonchev–Trinajstić information content (AvgIpc) is 2.85. The molecule has 24 heavy (non-hydrogen) atoms. The van der Waals surface area contributed by atoms with Gasteiger partial charge in [-0.2, -0.15) is 9.97 Å². The molecule has 0 saturated carbocycles. The van der Waals surface area contributed by atoms with Gasteiger partial charge in [0.05, 0.1) is 6.54 Å². The van der Waals surface area contributed by atoms with Crippen molar-refractivity contribution in [1.29, 1.82) is 0 Å². The molecule has 126 valence electrons. The molecule has 0 amide bonds. The second kappa shape index (κ2) is 7.36. The highest BCUT2D eigenvalue weighted by Crippen LogP contribution is 2.25. The first-order valence-electron chi connectivity index (χ1n) is 7.76. The van der Waals surface area contributed by atoms with Crippen LogP contribution in [0.3, 0.4) is 0 Å². The predicted octanol–water partition coefficient (Wildman–Crippen LogP) is 4.08. The van der Waals surface area contributed by atoms with Crippen LogP contribution in [0.2, 0.25) is 5.02 Å². The van der Waals surface area contributed by atoms with Crippen LogP contribution in [0.4, 0.5) is 11.8 Å². The van der Waals surface area contributed by atoms with Crippen molar-refractivity contribution < 1.29 is 0 Å². The number of nitrogens with zero attached hydrogens (tertiary/aromatic N) is 4. The first kappa shape index (κ1) is 17.0. The summed E-state index contributed by atoms with van der Waals surface area (Å²) < 4.78 is 2.61. The van der Waals surface area contributed by atoms with Crippen molar-refractivity contribution in [1.82, 2.24) is 19.5 Å². The number of unbranched alkanes of at least 4 members (excludes halogenated alkanes) is 1. The Morgan fingerprint density at radius 3 is 2.88 bits per heavy atom.